The third-order valence-corrected chi connectivity index (χ3v) is 4.79. The highest BCUT2D eigenvalue weighted by molar-refractivity contribution is 7.15. The fraction of sp³-hybridized carbons (Fsp3) is 0.571. The van der Waals surface area contributed by atoms with E-state index in [0.29, 0.717) is 15.7 Å². The zero-order chi connectivity index (χ0) is 13.1. The minimum atomic E-state index is -0.0359. The summed E-state index contributed by atoms with van der Waals surface area (Å²) in [7, 11) is 0. The number of amides is 1. The van der Waals surface area contributed by atoms with Gasteiger partial charge in [0.1, 0.15) is 0 Å². The van der Waals surface area contributed by atoms with E-state index >= 15 is 0 Å². The van der Waals surface area contributed by atoms with Crippen LogP contribution in [0, 0.1) is 5.92 Å². The van der Waals surface area contributed by atoms with Gasteiger partial charge < -0.3 is 5.32 Å². The molecule has 1 aromatic heterocycles. The number of nitrogens with one attached hydrogen (secondary N) is 1. The highest BCUT2D eigenvalue weighted by Crippen LogP contribution is 2.24. The zero-order valence-electron chi connectivity index (χ0n) is 10.9. The molecule has 0 aromatic carbocycles. The summed E-state index contributed by atoms with van der Waals surface area (Å²) >= 11 is 1.28. The fourth-order valence-electron chi connectivity index (χ4n) is 2.42. The molecule has 0 bridgehead atoms. The van der Waals surface area contributed by atoms with E-state index in [9.17, 15) is 9.59 Å². The van der Waals surface area contributed by atoms with Crippen LogP contribution in [-0.4, -0.2) is 17.7 Å². The van der Waals surface area contributed by atoms with Gasteiger partial charge in [-0.25, -0.2) is 0 Å². The molecule has 18 heavy (non-hydrogen) atoms. The van der Waals surface area contributed by atoms with Crippen LogP contribution in [0.25, 0.3) is 0 Å². The van der Waals surface area contributed by atoms with Crippen molar-refractivity contribution in [3.63, 3.8) is 0 Å². The third-order valence-electron chi connectivity index (χ3n) is 3.60. The molecule has 3 nitrogen and oxygen atoms in total. The molecule has 1 aliphatic carbocycles. The largest absolute Gasteiger partial charge is 0.348 e. The second-order valence-corrected chi connectivity index (χ2v) is 6.15. The van der Waals surface area contributed by atoms with Gasteiger partial charge in [0, 0.05) is 6.04 Å². The number of carbonyl (C=O) groups is 2. The van der Waals surface area contributed by atoms with Crippen LogP contribution in [-0.2, 0) is 0 Å². The van der Waals surface area contributed by atoms with Gasteiger partial charge in [0.05, 0.1) is 9.75 Å². The summed E-state index contributed by atoms with van der Waals surface area (Å²) < 4.78 is 0. The number of rotatable bonds is 3. The van der Waals surface area contributed by atoms with Gasteiger partial charge in [-0.05, 0) is 37.8 Å². The molecule has 1 aromatic rings. The van der Waals surface area contributed by atoms with Crippen molar-refractivity contribution in [3.05, 3.63) is 21.9 Å². The predicted octanol–water partition coefficient (Wildman–Crippen LogP) is 3.26. The summed E-state index contributed by atoms with van der Waals surface area (Å²) in [5, 5.41) is 3.10. The molecule has 1 aliphatic rings. The van der Waals surface area contributed by atoms with E-state index in [4.69, 9.17) is 0 Å². The maximum atomic E-state index is 12.1. The third kappa shape index (κ3) is 2.99. The lowest BCUT2D eigenvalue weighted by Gasteiger charge is -2.29. The first-order chi connectivity index (χ1) is 8.58. The number of carbonyl (C=O) groups excluding carboxylic acids is 2. The van der Waals surface area contributed by atoms with Crippen LogP contribution in [0.3, 0.4) is 0 Å². The standard InChI is InChI=1S/C14H19NO2S/c1-9-5-3-4-6-11(9)15-14(17)13-8-7-12(18-13)10(2)16/h7-9,11H,3-6H2,1-2H3,(H,15,17)/t9-,11+/m0/s1. The molecule has 0 aliphatic heterocycles. The van der Waals surface area contributed by atoms with Gasteiger partial charge in [-0.2, -0.15) is 0 Å². The summed E-state index contributed by atoms with van der Waals surface area (Å²) in [4.78, 5) is 24.6. The summed E-state index contributed by atoms with van der Waals surface area (Å²) in [6, 6.07) is 3.75. The molecule has 0 unspecified atom stereocenters. The van der Waals surface area contributed by atoms with E-state index in [1.54, 1.807) is 12.1 Å². The van der Waals surface area contributed by atoms with Crippen LogP contribution in [0.2, 0.25) is 0 Å². The van der Waals surface area contributed by atoms with Crippen molar-refractivity contribution in [2.45, 2.75) is 45.6 Å². The average Bonchev–Trinajstić information content (AvgIpc) is 2.81. The first kappa shape index (κ1) is 13.3. The summed E-state index contributed by atoms with van der Waals surface area (Å²) in [6.45, 7) is 3.72. The van der Waals surface area contributed by atoms with Crippen LogP contribution in [0.1, 0.15) is 58.9 Å². The number of thiophene rings is 1. The molecule has 1 N–H and O–H groups in total. The van der Waals surface area contributed by atoms with E-state index in [-0.39, 0.29) is 17.7 Å². The maximum absolute atomic E-state index is 12.1. The van der Waals surface area contributed by atoms with Crippen molar-refractivity contribution < 1.29 is 9.59 Å². The van der Waals surface area contributed by atoms with Crippen molar-refractivity contribution in [1.29, 1.82) is 0 Å². The van der Waals surface area contributed by atoms with Crippen LogP contribution >= 0.6 is 11.3 Å². The SMILES string of the molecule is CC(=O)c1ccc(C(=O)N[C@@H]2CCCC[C@@H]2C)s1. The second kappa shape index (κ2) is 5.65. The number of hydrogen-bond donors (Lipinski definition) is 1. The second-order valence-electron chi connectivity index (χ2n) is 5.06. The first-order valence-corrected chi connectivity index (χ1v) is 7.31. The highest BCUT2D eigenvalue weighted by atomic mass is 32.1. The van der Waals surface area contributed by atoms with E-state index < -0.39 is 0 Å². The van der Waals surface area contributed by atoms with Crippen LogP contribution in [0.15, 0.2) is 12.1 Å². The maximum Gasteiger partial charge on any atom is 0.261 e. The normalized spacial score (nSPS) is 23.7. The lowest BCUT2D eigenvalue weighted by atomic mass is 9.86. The van der Waals surface area contributed by atoms with Gasteiger partial charge in [-0.15, -0.1) is 11.3 Å². The molecule has 0 saturated heterocycles. The fourth-order valence-corrected chi connectivity index (χ4v) is 3.22. The van der Waals surface area contributed by atoms with Crippen molar-refractivity contribution in [2.75, 3.05) is 0 Å². The molecule has 2 rings (SSSR count). The Labute approximate surface area is 112 Å². The highest BCUT2D eigenvalue weighted by Gasteiger charge is 2.23. The van der Waals surface area contributed by atoms with Crippen molar-refractivity contribution in [1.82, 2.24) is 5.32 Å². The van der Waals surface area contributed by atoms with Crippen molar-refractivity contribution in [2.24, 2.45) is 5.92 Å². The summed E-state index contributed by atoms with van der Waals surface area (Å²) in [6.07, 6.45) is 4.71. The minimum absolute atomic E-state index is 0.0186. The zero-order valence-corrected chi connectivity index (χ0v) is 11.7. The lowest BCUT2D eigenvalue weighted by molar-refractivity contribution is 0.0914. The first-order valence-electron chi connectivity index (χ1n) is 6.49. The van der Waals surface area contributed by atoms with Crippen LogP contribution in [0.5, 0.6) is 0 Å². The van der Waals surface area contributed by atoms with E-state index in [0.717, 1.165) is 6.42 Å². The van der Waals surface area contributed by atoms with Gasteiger partial charge >= 0.3 is 0 Å². The number of hydrogen-bond acceptors (Lipinski definition) is 3. The lowest BCUT2D eigenvalue weighted by Crippen LogP contribution is -2.40. The number of Topliss-reactive ketones (excluding diaryl/α,β-unsaturated/α-hetero) is 1. The van der Waals surface area contributed by atoms with E-state index in [1.807, 2.05) is 0 Å². The number of ketones is 1. The quantitative estimate of drug-likeness (QED) is 0.853. The molecule has 1 fully saturated rings. The summed E-state index contributed by atoms with van der Waals surface area (Å²) in [5.74, 6) is 0.534. The van der Waals surface area contributed by atoms with Gasteiger partial charge in [-0.1, -0.05) is 19.8 Å². The molecule has 0 radical (unpaired) electrons. The van der Waals surface area contributed by atoms with E-state index in [1.165, 1.54) is 37.5 Å². The van der Waals surface area contributed by atoms with Gasteiger partial charge in [-0.3, -0.25) is 9.59 Å². The van der Waals surface area contributed by atoms with Crippen LogP contribution in [0.4, 0.5) is 0 Å². The topological polar surface area (TPSA) is 46.2 Å². The Morgan fingerprint density at radius 1 is 1.22 bits per heavy atom. The molecule has 2 atom stereocenters. The molecule has 1 amide bonds. The summed E-state index contributed by atoms with van der Waals surface area (Å²) in [5.41, 5.74) is 0. The predicted molar refractivity (Wildman–Crippen MR) is 73.2 cm³/mol. The van der Waals surface area contributed by atoms with Crippen molar-refractivity contribution in [3.8, 4) is 0 Å². The Morgan fingerprint density at radius 3 is 2.50 bits per heavy atom. The average molecular weight is 265 g/mol. The van der Waals surface area contributed by atoms with Gasteiger partial charge in [0.15, 0.2) is 5.78 Å². The van der Waals surface area contributed by atoms with Gasteiger partial charge in [0.25, 0.3) is 5.91 Å². The molecule has 4 heteroatoms. The Hall–Kier alpha value is -1.16. The molecular formula is C14H19NO2S. The van der Waals surface area contributed by atoms with E-state index in [2.05, 4.69) is 12.2 Å². The Balaban J connectivity index is 2.00. The molecular weight excluding hydrogens is 246 g/mol. The Morgan fingerprint density at radius 2 is 1.89 bits per heavy atom. The van der Waals surface area contributed by atoms with Crippen LogP contribution < -0.4 is 5.32 Å². The Kier molecular flexibility index (Phi) is 4.17. The van der Waals surface area contributed by atoms with Crippen molar-refractivity contribution >= 4 is 23.0 Å². The minimum Gasteiger partial charge on any atom is -0.348 e. The molecule has 1 heterocycles. The smallest absolute Gasteiger partial charge is 0.261 e. The monoisotopic (exact) mass is 265 g/mol. The molecule has 1 saturated carbocycles. The molecule has 0 spiro atoms. The van der Waals surface area contributed by atoms with Gasteiger partial charge in [0.2, 0.25) is 0 Å². The Bertz CT molecular complexity index is 452. The molecule has 98 valence electrons.